The van der Waals surface area contributed by atoms with Crippen molar-refractivity contribution in [3.8, 4) is 17.5 Å². The molecule has 4 aromatic rings. The second-order valence-electron chi connectivity index (χ2n) is 6.21. The molecule has 0 radical (unpaired) electrons. The minimum Gasteiger partial charge on any atom is -0.323 e. The Balaban J connectivity index is 1.78. The third kappa shape index (κ3) is 3.06. The lowest BCUT2D eigenvalue weighted by Crippen LogP contribution is -2.10. The fraction of sp³-hybridized carbons (Fsp3) is 0.200. The van der Waals surface area contributed by atoms with Crippen LogP contribution in [0.4, 0.5) is 4.39 Å². The highest BCUT2D eigenvalue weighted by molar-refractivity contribution is 5.71. The standard InChI is InChI=1S/C20H17FN6/c1-2-9-27-18(25-17-4-3-7-23-20(17)27)13-26-10-8-24-19(26)15-11-14(12-22)5-6-16(15)21/h3-8,10-11H,2,9,13H2,1H3. The molecule has 0 unspecified atom stereocenters. The maximum atomic E-state index is 14.4. The Morgan fingerprint density at radius 3 is 2.89 bits per heavy atom. The molecule has 0 bridgehead atoms. The van der Waals surface area contributed by atoms with Gasteiger partial charge in [0.25, 0.3) is 0 Å². The van der Waals surface area contributed by atoms with Crippen molar-refractivity contribution in [2.45, 2.75) is 26.4 Å². The molecule has 0 aliphatic rings. The van der Waals surface area contributed by atoms with Crippen LogP contribution in [0.3, 0.4) is 0 Å². The zero-order chi connectivity index (χ0) is 18.8. The summed E-state index contributed by atoms with van der Waals surface area (Å²) in [6.07, 6.45) is 6.12. The zero-order valence-electron chi connectivity index (χ0n) is 14.8. The number of aromatic nitrogens is 5. The highest BCUT2D eigenvalue weighted by atomic mass is 19.1. The minimum atomic E-state index is -0.412. The van der Waals surface area contributed by atoms with Crippen molar-refractivity contribution in [3.05, 3.63) is 66.1 Å². The van der Waals surface area contributed by atoms with Crippen LogP contribution in [0.1, 0.15) is 24.7 Å². The van der Waals surface area contributed by atoms with E-state index in [0.29, 0.717) is 23.5 Å². The summed E-state index contributed by atoms with van der Waals surface area (Å²) in [5, 5.41) is 9.11. The molecule has 27 heavy (non-hydrogen) atoms. The zero-order valence-corrected chi connectivity index (χ0v) is 14.8. The molecule has 4 rings (SSSR count). The van der Waals surface area contributed by atoms with E-state index >= 15 is 0 Å². The normalized spacial score (nSPS) is 11.0. The monoisotopic (exact) mass is 360 g/mol. The molecule has 7 heteroatoms. The quantitative estimate of drug-likeness (QED) is 0.543. The molecule has 0 saturated carbocycles. The van der Waals surface area contributed by atoms with Gasteiger partial charge in [-0.25, -0.2) is 19.3 Å². The Morgan fingerprint density at radius 1 is 1.19 bits per heavy atom. The molecule has 1 aromatic carbocycles. The average Bonchev–Trinajstić information content (AvgIpc) is 3.28. The second kappa shape index (κ2) is 7.00. The fourth-order valence-corrected chi connectivity index (χ4v) is 3.18. The Kier molecular flexibility index (Phi) is 4.38. The number of rotatable bonds is 5. The summed E-state index contributed by atoms with van der Waals surface area (Å²) in [5.41, 5.74) is 2.37. The number of hydrogen-bond donors (Lipinski definition) is 0. The molecule has 134 valence electrons. The van der Waals surface area contributed by atoms with Crippen LogP contribution >= 0.6 is 0 Å². The molecule has 3 aromatic heterocycles. The minimum absolute atomic E-state index is 0.301. The van der Waals surface area contributed by atoms with E-state index in [1.54, 1.807) is 18.6 Å². The van der Waals surface area contributed by atoms with Crippen LogP contribution in [0.5, 0.6) is 0 Å². The van der Waals surface area contributed by atoms with E-state index < -0.39 is 5.82 Å². The van der Waals surface area contributed by atoms with Gasteiger partial charge in [-0.15, -0.1) is 0 Å². The lowest BCUT2D eigenvalue weighted by atomic mass is 10.1. The summed E-state index contributed by atoms with van der Waals surface area (Å²) < 4.78 is 18.3. The van der Waals surface area contributed by atoms with Crippen LogP contribution < -0.4 is 0 Å². The number of fused-ring (bicyclic) bond motifs is 1. The number of benzene rings is 1. The van der Waals surface area contributed by atoms with Gasteiger partial charge >= 0.3 is 0 Å². The lowest BCUT2D eigenvalue weighted by Gasteiger charge is -2.11. The molecule has 0 fully saturated rings. The number of nitriles is 1. The molecule has 3 heterocycles. The Hall–Kier alpha value is -3.53. The number of halogens is 1. The van der Waals surface area contributed by atoms with E-state index in [2.05, 4.69) is 21.5 Å². The average molecular weight is 360 g/mol. The van der Waals surface area contributed by atoms with Gasteiger partial charge in [0.2, 0.25) is 0 Å². The highest BCUT2D eigenvalue weighted by Crippen LogP contribution is 2.24. The topological polar surface area (TPSA) is 72.3 Å². The van der Waals surface area contributed by atoms with Crippen LogP contribution in [0, 0.1) is 17.1 Å². The van der Waals surface area contributed by atoms with Crippen LogP contribution in [-0.2, 0) is 13.1 Å². The van der Waals surface area contributed by atoms with Crippen LogP contribution in [-0.4, -0.2) is 24.1 Å². The van der Waals surface area contributed by atoms with Gasteiger partial charge in [-0.2, -0.15) is 5.26 Å². The van der Waals surface area contributed by atoms with E-state index in [1.165, 1.54) is 18.2 Å². The van der Waals surface area contributed by atoms with Gasteiger partial charge in [-0.1, -0.05) is 6.92 Å². The van der Waals surface area contributed by atoms with Crippen molar-refractivity contribution in [3.63, 3.8) is 0 Å². The maximum Gasteiger partial charge on any atom is 0.160 e. The van der Waals surface area contributed by atoms with E-state index in [-0.39, 0.29) is 0 Å². The molecule has 0 aliphatic carbocycles. The summed E-state index contributed by atoms with van der Waals surface area (Å²) in [5.74, 6) is 0.888. The number of nitrogens with zero attached hydrogens (tertiary/aromatic N) is 6. The number of imidazole rings is 2. The Bertz CT molecular complexity index is 1150. The number of hydrogen-bond acceptors (Lipinski definition) is 4. The van der Waals surface area contributed by atoms with Gasteiger partial charge in [0.05, 0.1) is 23.7 Å². The SMILES string of the molecule is CCCn1c(Cn2ccnc2-c2cc(C#N)ccc2F)nc2cccnc21. The van der Waals surface area contributed by atoms with Gasteiger partial charge in [0.15, 0.2) is 5.65 Å². The van der Waals surface area contributed by atoms with Gasteiger partial charge in [-0.3, -0.25) is 0 Å². The molecule has 0 spiro atoms. The summed E-state index contributed by atoms with van der Waals surface area (Å²) >= 11 is 0. The summed E-state index contributed by atoms with van der Waals surface area (Å²) in [6, 6.07) is 10.1. The van der Waals surface area contributed by atoms with E-state index in [0.717, 1.165) is 30.0 Å². The van der Waals surface area contributed by atoms with E-state index in [9.17, 15) is 4.39 Å². The van der Waals surface area contributed by atoms with Crippen molar-refractivity contribution in [2.24, 2.45) is 0 Å². The van der Waals surface area contributed by atoms with Crippen LogP contribution in [0.15, 0.2) is 48.9 Å². The number of pyridine rings is 1. The predicted molar refractivity (Wildman–Crippen MR) is 99.3 cm³/mol. The largest absolute Gasteiger partial charge is 0.323 e. The molecular formula is C20H17FN6. The summed E-state index contributed by atoms with van der Waals surface area (Å²) in [4.78, 5) is 13.5. The molecule has 0 atom stereocenters. The van der Waals surface area contributed by atoms with Crippen molar-refractivity contribution >= 4 is 11.2 Å². The maximum absolute atomic E-state index is 14.4. The van der Waals surface area contributed by atoms with Gasteiger partial charge in [-0.05, 0) is 36.8 Å². The Labute approximate surface area is 155 Å². The smallest absolute Gasteiger partial charge is 0.160 e. The van der Waals surface area contributed by atoms with Crippen LogP contribution in [0.2, 0.25) is 0 Å². The molecule has 6 nitrogen and oxygen atoms in total. The first-order valence-electron chi connectivity index (χ1n) is 8.72. The first-order chi connectivity index (χ1) is 13.2. The number of aryl methyl sites for hydroxylation is 1. The van der Waals surface area contributed by atoms with Gasteiger partial charge < -0.3 is 9.13 Å². The van der Waals surface area contributed by atoms with Gasteiger partial charge in [0.1, 0.15) is 23.0 Å². The Morgan fingerprint density at radius 2 is 2.07 bits per heavy atom. The first kappa shape index (κ1) is 16.9. The van der Waals surface area contributed by atoms with Crippen molar-refractivity contribution in [1.29, 1.82) is 5.26 Å². The highest BCUT2D eigenvalue weighted by Gasteiger charge is 2.16. The predicted octanol–water partition coefficient (Wildman–Crippen LogP) is 3.76. The van der Waals surface area contributed by atoms with E-state index in [1.807, 2.05) is 22.8 Å². The second-order valence-corrected chi connectivity index (χ2v) is 6.21. The third-order valence-corrected chi connectivity index (χ3v) is 4.39. The summed E-state index contributed by atoms with van der Waals surface area (Å²) in [7, 11) is 0. The molecule has 0 N–H and O–H groups in total. The lowest BCUT2D eigenvalue weighted by molar-refractivity contribution is 0.615. The molecular weight excluding hydrogens is 343 g/mol. The van der Waals surface area contributed by atoms with Crippen molar-refractivity contribution < 1.29 is 4.39 Å². The molecule has 0 amide bonds. The van der Waals surface area contributed by atoms with Crippen LogP contribution in [0.25, 0.3) is 22.6 Å². The van der Waals surface area contributed by atoms with E-state index in [4.69, 9.17) is 10.2 Å². The summed E-state index contributed by atoms with van der Waals surface area (Å²) in [6.45, 7) is 3.33. The molecule has 0 aliphatic heterocycles. The molecule has 0 saturated heterocycles. The van der Waals surface area contributed by atoms with Gasteiger partial charge in [0, 0.05) is 25.1 Å². The third-order valence-electron chi connectivity index (χ3n) is 4.39. The fourth-order valence-electron chi connectivity index (χ4n) is 3.18. The van der Waals surface area contributed by atoms with Crippen molar-refractivity contribution in [1.82, 2.24) is 24.1 Å². The van der Waals surface area contributed by atoms with Crippen molar-refractivity contribution in [2.75, 3.05) is 0 Å². The first-order valence-corrected chi connectivity index (χ1v) is 8.72.